The van der Waals surface area contributed by atoms with E-state index in [0.29, 0.717) is 16.5 Å². The number of hydrogen-bond donors (Lipinski definition) is 1. The standard InChI is InChI=1S/C21H15ClN2O/c22-18-13-11-17(12-14-18)21-23-19(15-7-3-1-4-8-15)20(24(21)25)16-9-5-2-6-10-16/h1-14,25H. The topological polar surface area (TPSA) is 38.0 Å². The van der Waals surface area contributed by atoms with E-state index in [1.165, 1.54) is 0 Å². The number of benzene rings is 3. The van der Waals surface area contributed by atoms with Crippen LogP contribution in [0.2, 0.25) is 5.02 Å². The number of halogens is 1. The van der Waals surface area contributed by atoms with Gasteiger partial charge in [-0.05, 0) is 24.3 Å². The molecule has 3 aromatic carbocycles. The fourth-order valence-corrected chi connectivity index (χ4v) is 2.98. The summed E-state index contributed by atoms with van der Waals surface area (Å²) in [4.78, 5) is 4.73. The summed E-state index contributed by atoms with van der Waals surface area (Å²) in [6, 6.07) is 26.9. The molecule has 0 radical (unpaired) electrons. The molecule has 0 amide bonds. The van der Waals surface area contributed by atoms with Crippen LogP contribution >= 0.6 is 11.6 Å². The average molecular weight is 347 g/mol. The molecule has 4 heteroatoms. The zero-order chi connectivity index (χ0) is 17.2. The predicted octanol–water partition coefficient (Wildman–Crippen LogP) is 5.77. The molecule has 1 N–H and O–H groups in total. The summed E-state index contributed by atoms with van der Waals surface area (Å²) in [5.74, 6) is 0.481. The van der Waals surface area contributed by atoms with Crippen LogP contribution in [0.1, 0.15) is 0 Å². The first-order valence-electron chi connectivity index (χ1n) is 7.93. The van der Waals surface area contributed by atoms with Gasteiger partial charge in [-0.3, -0.25) is 0 Å². The van der Waals surface area contributed by atoms with Crippen molar-refractivity contribution in [3.8, 4) is 33.9 Å². The maximum absolute atomic E-state index is 10.9. The molecule has 0 aliphatic heterocycles. The molecule has 0 saturated carbocycles. The first-order chi connectivity index (χ1) is 12.2. The lowest BCUT2D eigenvalue weighted by Gasteiger charge is -2.06. The van der Waals surface area contributed by atoms with Gasteiger partial charge in [-0.2, -0.15) is 4.73 Å². The highest BCUT2D eigenvalue weighted by molar-refractivity contribution is 6.30. The van der Waals surface area contributed by atoms with Crippen LogP contribution in [0.4, 0.5) is 0 Å². The van der Waals surface area contributed by atoms with E-state index < -0.39 is 0 Å². The molecule has 0 saturated heterocycles. The van der Waals surface area contributed by atoms with Crippen molar-refractivity contribution in [2.75, 3.05) is 0 Å². The summed E-state index contributed by atoms with van der Waals surface area (Å²) >= 11 is 5.98. The summed E-state index contributed by atoms with van der Waals surface area (Å²) in [7, 11) is 0. The number of imidazole rings is 1. The van der Waals surface area contributed by atoms with Gasteiger partial charge in [0.25, 0.3) is 0 Å². The van der Waals surface area contributed by atoms with Crippen molar-refractivity contribution in [3.63, 3.8) is 0 Å². The maximum atomic E-state index is 10.9. The molecular weight excluding hydrogens is 332 g/mol. The number of hydrogen-bond acceptors (Lipinski definition) is 2. The van der Waals surface area contributed by atoms with E-state index >= 15 is 0 Å². The average Bonchev–Trinajstić information content (AvgIpc) is 3.01. The molecular formula is C21H15ClN2O. The Morgan fingerprint density at radius 3 is 1.84 bits per heavy atom. The minimum absolute atomic E-state index is 0.481. The lowest BCUT2D eigenvalue weighted by Crippen LogP contribution is -1.97. The molecule has 1 aromatic heterocycles. The van der Waals surface area contributed by atoms with E-state index in [1.807, 2.05) is 72.8 Å². The third-order valence-corrected chi connectivity index (χ3v) is 4.30. The van der Waals surface area contributed by atoms with Crippen LogP contribution in [0.5, 0.6) is 0 Å². The largest absolute Gasteiger partial charge is 0.426 e. The summed E-state index contributed by atoms with van der Waals surface area (Å²) in [6.45, 7) is 0. The van der Waals surface area contributed by atoms with Gasteiger partial charge in [0.05, 0.1) is 0 Å². The lowest BCUT2D eigenvalue weighted by atomic mass is 10.1. The summed E-state index contributed by atoms with van der Waals surface area (Å²) in [5.41, 5.74) is 4.04. The van der Waals surface area contributed by atoms with Crippen LogP contribution in [0.3, 0.4) is 0 Å². The Morgan fingerprint density at radius 2 is 1.24 bits per heavy atom. The van der Waals surface area contributed by atoms with Gasteiger partial charge in [0.15, 0.2) is 5.82 Å². The Hall–Kier alpha value is -3.04. The van der Waals surface area contributed by atoms with E-state index in [1.54, 1.807) is 12.1 Å². The van der Waals surface area contributed by atoms with Gasteiger partial charge in [0, 0.05) is 21.7 Å². The van der Waals surface area contributed by atoms with Gasteiger partial charge in [-0.15, -0.1) is 0 Å². The Balaban J connectivity index is 1.97. The molecule has 3 nitrogen and oxygen atoms in total. The van der Waals surface area contributed by atoms with Crippen LogP contribution in [0.15, 0.2) is 84.9 Å². The lowest BCUT2D eigenvalue weighted by molar-refractivity contribution is 0.195. The fourth-order valence-electron chi connectivity index (χ4n) is 2.85. The Labute approximate surface area is 150 Å². The third-order valence-electron chi connectivity index (χ3n) is 4.05. The SMILES string of the molecule is On1c(-c2ccc(Cl)cc2)nc(-c2ccccc2)c1-c1ccccc1. The van der Waals surface area contributed by atoms with E-state index in [2.05, 4.69) is 0 Å². The Bertz CT molecular complexity index is 994. The highest BCUT2D eigenvalue weighted by Crippen LogP contribution is 2.35. The van der Waals surface area contributed by atoms with Crippen molar-refractivity contribution in [1.29, 1.82) is 0 Å². The van der Waals surface area contributed by atoms with Crippen molar-refractivity contribution in [2.45, 2.75) is 0 Å². The Kier molecular flexibility index (Phi) is 4.00. The summed E-state index contributed by atoms with van der Waals surface area (Å²) < 4.78 is 1.15. The second kappa shape index (κ2) is 6.46. The number of nitrogens with zero attached hydrogens (tertiary/aromatic N) is 2. The van der Waals surface area contributed by atoms with Crippen LogP contribution in [-0.4, -0.2) is 14.9 Å². The van der Waals surface area contributed by atoms with Crippen LogP contribution in [0.25, 0.3) is 33.9 Å². The zero-order valence-corrected chi connectivity index (χ0v) is 14.1. The number of rotatable bonds is 3. The quantitative estimate of drug-likeness (QED) is 0.478. The Morgan fingerprint density at radius 1 is 0.680 bits per heavy atom. The van der Waals surface area contributed by atoms with Crippen LogP contribution in [-0.2, 0) is 0 Å². The molecule has 0 spiro atoms. The van der Waals surface area contributed by atoms with E-state index in [-0.39, 0.29) is 0 Å². The monoisotopic (exact) mass is 346 g/mol. The van der Waals surface area contributed by atoms with Crippen LogP contribution in [0, 0.1) is 0 Å². The molecule has 0 fully saturated rings. The van der Waals surface area contributed by atoms with Gasteiger partial charge < -0.3 is 5.21 Å². The molecule has 1 heterocycles. The second-order valence-corrected chi connectivity index (χ2v) is 6.12. The molecule has 122 valence electrons. The van der Waals surface area contributed by atoms with Gasteiger partial charge in [-0.1, -0.05) is 72.3 Å². The van der Waals surface area contributed by atoms with Crippen molar-refractivity contribution < 1.29 is 5.21 Å². The molecule has 0 atom stereocenters. The van der Waals surface area contributed by atoms with Crippen molar-refractivity contribution >= 4 is 11.6 Å². The predicted molar refractivity (Wildman–Crippen MR) is 101 cm³/mol. The fraction of sp³-hybridized carbons (Fsp3) is 0. The first kappa shape index (κ1) is 15.5. The summed E-state index contributed by atoms with van der Waals surface area (Å²) in [6.07, 6.45) is 0. The van der Waals surface area contributed by atoms with Crippen molar-refractivity contribution in [1.82, 2.24) is 9.71 Å². The maximum Gasteiger partial charge on any atom is 0.176 e. The minimum atomic E-state index is 0.481. The van der Waals surface area contributed by atoms with Crippen LogP contribution < -0.4 is 0 Å². The van der Waals surface area contributed by atoms with E-state index in [0.717, 1.165) is 27.1 Å². The van der Waals surface area contributed by atoms with Crippen molar-refractivity contribution in [3.05, 3.63) is 90.0 Å². The molecule has 0 unspecified atom stereocenters. The third kappa shape index (κ3) is 2.90. The zero-order valence-electron chi connectivity index (χ0n) is 13.3. The van der Waals surface area contributed by atoms with Crippen molar-refractivity contribution in [2.24, 2.45) is 0 Å². The number of aromatic nitrogens is 2. The van der Waals surface area contributed by atoms with Gasteiger partial charge in [-0.25, -0.2) is 4.98 Å². The van der Waals surface area contributed by atoms with E-state index in [4.69, 9.17) is 16.6 Å². The smallest absolute Gasteiger partial charge is 0.176 e. The first-order valence-corrected chi connectivity index (χ1v) is 8.30. The minimum Gasteiger partial charge on any atom is -0.426 e. The molecule has 4 rings (SSSR count). The highest BCUT2D eigenvalue weighted by Gasteiger charge is 2.20. The highest BCUT2D eigenvalue weighted by atomic mass is 35.5. The molecule has 25 heavy (non-hydrogen) atoms. The summed E-state index contributed by atoms with van der Waals surface area (Å²) in [5, 5.41) is 11.5. The van der Waals surface area contributed by atoms with Gasteiger partial charge >= 0.3 is 0 Å². The molecule has 4 aromatic rings. The van der Waals surface area contributed by atoms with E-state index in [9.17, 15) is 5.21 Å². The molecule has 0 aliphatic rings. The van der Waals surface area contributed by atoms with Gasteiger partial charge in [0.2, 0.25) is 0 Å². The molecule has 0 bridgehead atoms. The normalized spacial score (nSPS) is 10.8. The van der Waals surface area contributed by atoms with Gasteiger partial charge in [0.1, 0.15) is 11.4 Å². The molecule has 0 aliphatic carbocycles. The second-order valence-electron chi connectivity index (χ2n) is 5.68.